The number of benzene rings is 1. The molecule has 0 fully saturated rings. The molecule has 96 valence electrons. The molecule has 0 saturated carbocycles. The van der Waals surface area contributed by atoms with Gasteiger partial charge in [-0.05, 0) is 18.2 Å². The van der Waals surface area contributed by atoms with Crippen LogP contribution in [-0.2, 0) is 12.6 Å². The fraction of sp³-hybridized carbons (Fsp3) is 0.250. The van der Waals surface area contributed by atoms with Gasteiger partial charge in [0.25, 0.3) is 5.68 Å². The molecule has 0 amide bonds. The molecule has 0 aliphatic rings. The number of aromatic nitrogens is 1. The van der Waals surface area contributed by atoms with Crippen LogP contribution in [0.4, 0.5) is 13.2 Å². The monoisotopic (exact) mass is 256 g/mol. The van der Waals surface area contributed by atoms with E-state index in [9.17, 15) is 13.2 Å². The zero-order valence-electron chi connectivity index (χ0n) is 9.58. The lowest BCUT2D eigenvalue weighted by Crippen LogP contribution is -2.12. The van der Waals surface area contributed by atoms with Crippen LogP contribution in [0.5, 0.6) is 0 Å². The van der Waals surface area contributed by atoms with E-state index >= 15 is 0 Å². The summed E-state index contributed by atoms with van der Waals surface area (Å²) in [5, 5.41) is 7.57. The number of oxazole rings is 1. The van der Waals surface area contributed by atoms with Crippen LogP contribution in [0.1, 0.15) is 18.2 Å². The predicted molar refractivity (Wildman–Crippen MR) is 58.3 cm³/mol. The molecule has 1 aromatic heterocycles. The van der Waals surface area contributed by atoms with Crippen LogP contribution >= 0.6 is 0 Å². The highest BCUT2D eigenvalue weighted by molar-refractivity contribution is 5.37. The van der Waals surface area contributed by atoms with E-state index in [1.54, 1.807) is 0 Å². The molecule has 1 aromatic carbocycles. The number of alkyl halides is 3. The summed E-state index contributed by atoms with van der Waals surface area (Å²) in [5.41, 5.74) is -0.671. The number of hydrogen-bond donors (Lipinski definition) is 1. The van der Waals surface area contributed by atoms with Gasteiger partial charge in [0, 0.05) is 6.42 Å². The Hall–Kier alpha value is -1.98. The van der Waals surface area contributed by atoms with E-state index in [0.29, 0.717) is 12.2 Å². The maximum atomic E-state index is 12.6. The summed E-state index contributed by atoms with van der Waals surface area (Å²) in [6.45, 7) is 1.84. The predicted octanol–water partition coefficient (Wildman–Crippen LogP) is 3.13. The molecule has 0 atom stereocenters. The normalized spacial score (nSPS) is 11.8. The molecule has 0 bridgehead atoms. The molecule has 2 rings (SSSR count). The average molecular weight is 256 g/mol. The number of rotatable bonds is 2. The Balaban J connectivity index is 2.51. The minimum atomic E-state index is -4.39. The standard InChI is InChI=1S/C12H11F3N2O/c1-2-10-7-17(11(16)18-10)9-5-3-4-8(6-9)12(13,14)15/h3-7,16H,2H2,1H3. The third-order valence-corrected chi connectivity index (χ3v) is 2.52. The third kappa shape index (κ3) is 2.32. The first-order valence-electron chi connectivity index (χ1n) is 5.35. The van der Waals surface area contributed by atoms with E-state index in [-0.39, 0.29) is 11.4 Å². The molecule has 0 spiro atoms. The topological polar surface area (TPSA) is 41.9 Å². The highest BCUT2D eigenvalue weighted by atomic mass is 19.4. The van der Waals surface area contributed by atoms with Gasteiger partial charge < -0.3 is 4.42 Å². The van der Waals surface area contributed by atoms with Gasteiger partial charge in [0.1, 0.15) is 5.76 Å². The fourth-order valence-corrected chi connectivity index (χ4v) is 1.59. The van der Waals surface area contributed by atoms with Crippen LogP contribution < -0.4 is 5.68 Å². The average Bonchev–Trinajstić information content (AvgIpc) is 2.70. The van der Waals surface area contributed by atoms with Gasteiger partial charge in [-0.15, -0.1) is 0 Å². The summed E-state index contributed by atoms with van der Waals surface area (Å²) in [6.07, 6.45) is -2.29. The first-order valence-corrected chi connectivity index (χ1v) is 5.35. The Morgan fingerprint density at radius 1 is 1.33 bits per heavy atom. The fourth-order valence-electron chi connectivity index (χ4n) is 1.59. The van der Waals surface area contributed by atoms with Crippen molar-refractivity contribution in [3.05, 3.63) is 47.5 Å². The molecule has 1 heterocycles. The SMILES string of the molecule is CCc1cn(-c2cccc(C(F)(F)F)c2)c(=N)o1. The van der Waals surface area contributed by atoms with E-state index in [1.807, 2.05) is 6.92 Å². The lowest BCUT2D eigenvalue weighted by Gasteiger charge is -2.08. The van der Waals surface area contributed by atoms with Crippen molar-refractivity contribution < 1.29 is 17.6 Å². The van der Waals surface area contributed by atoms with Crippen molar-refractivity contribution in [2.75, 3.05) is 0 Å². The molecule has 1 N–H and O–H groups in total. The van der Waals surface area contributed by atoms with Crippen LogP contribution in [0, 0.1) is 5.41 Å². The van der Waals surface area contributed by atoms with Crippen LogP contribution in [0.3, 0.4) is 0 Å². The van der Waals surface area contributed by atoms with E-state index in [1.165, 1.54) is 22.9 Å². The van der Waals surface area contributed by atoms with Gasteiger partial charge in [0.2, 0.25) is 0 Å². The maximum absolute atomic E-state index is 12.6. The Labute approximate surface area is 101 Å². The quantitative estimate of drug-likeness (QED) is 0.881. The molecular weight excluding hydrogens is 245 g/mol. The number of nitrogens with one attached hydrogen (secondary N) is 1. The second-order valence-corrected chi connectivity index (χ2v) is 3.77. The summed E-state index contributed by atoms with van der Waals surface area (Å²) < 4.78 is 44.1. The Kier molecular flexibility index (Phi) is 3.02. The molecule has 3 nitrogen and oxygen atoms in total. The number of nitrogens with zero attached hydrogens (tertiary/aromatic N) is 1. The maximum Gasteiger partial charge on any atom is 0.416 e. The molecule has 0 aliphatic heterocycles. The van der Waals surface area contributed by atoms with Gasteiger partial charge in [-0.2, -0.15) is 13.2 Å². The molecule has 2 aromatic rings. The van der Waals surface area contributed by atoms with Gasteiger partial charge in [-0.25, -0.2) is 0 Å². The zero-order chi connectivity index (χ0) is 13.3. The van der Waals surface area contributed by atoms with Crippen molar-refractivity contribution in [3.63, 3.8) is 0 Å². The highest BCUT2D eigenvalue weighted by Gasteiger charge is 2.30. The largest absolute Gasteiger partial charge is 0.429 e. The Morgan fingerprint density at radius 3 is 2.61 bits per heavy atom. The van der Waals surface area contributed by atoms with E-state index < -0.39 is 11.7 Å². The summed E-state index contributed by atoms with van der Waals surface area (Å²) in [7, 11) is 0. The van der Waals surface area contributed by atoms with Crippen molar-refractivity contribution in [1.29, 1.82) is 5.41 Å². The van der Waals surface area contributed by atoms with Gasteiger partial charge in [-0.3, -0.25) is 9.98 Å². The van der Waals surface area contributed by atoms with E-state index in [4.69, 9.17) is 9.83 Å². The minimum Gasteiger partial charge on any atom is -0.429 e. The first kappa shape index (κ1) is 12.5. The first-order chi connectivity index (χ1) is 8.41. The molecular formula is C12H11F3N2O. The summed E-state index contributed by atoms with van der Waals surface area (Å²) in [4.78, 5) is 0. The van der Waals surface area contributed by atoms with Crippen LogP contribution in [0.15, 0.2) is 34.9 Å². The smallest absolute Gasteiger partial charge is 0.416 e. The van der Waals surface area contributed by atoms with E-state index in [2.05, 4.69) is 0 Å². The van der Waals surface area contributed by atoms with Crippen molar-refractivity contribution in [2.24, 2.45) is 0 Å². The molecule has 18 heavy (non-hydrogen) atoms. The van der Waals surface area contributed by atoms with Crippen LogP contribution in [0.2, 0.25) is 0 Å². The molecule has 0 radical (unpaired) electrons. The molecule has 0 saturated heterocycles. The van der Waals surface area contributed by atoms with Crippen molar-refractivity contribution in [2.45, 2.75) is 19.5 Å². The van der Waals surface area contributed by atoms with E-state index in [0.717, 1.165) is 12.1 Å². The van der Waals surface area contributed by atoms with Gasteiger partial charge in [0.15, 0.2) is 0 Å². The Bertz CT molecular complexity index is 610. The van der Waals surface area contributed by atoms with Crippen LogP contribution in [-0.4, -0.2) is 4.57 Å². The van der Waals surface area contributed by atoms with Crippen LogP contribution in [0.25, 0.3) is 5.69 Å². The summed E-state index contributed by atoms with van der Waals surface area (Å²) in [6, 6.07) is 4.80. The van der Waals surface area contributed by atoms with Gasteiger partial charge in [-0.1, -0.05) is 13.0 Å². The molecule has 0 aliphatic carbocycles. The molecule has 0 unspecified atom stereocenters. The second kappa shape index (κ2) is 4.36. The Morgan fingerprint density at radius 2 is 2.06 bits per heavy atom. The van der Waals surface area contributed by atoms with Crippen molar-refractivity contribution >= 4 is 0 Å². The molecule has 6 heteroatoms. The van der Waals surface area contributed by atoms with Crippen molar-refractivity contribution in [1.82, 2.24) is 4.57 Å². The lowest BCUT2D eigenvalue weighted by molar-refractivity contribution is -0.137. The second-order valence-electron chi connectivity index (χ2n) is 3.77. The summed E-state index contributed by atoms with van der Waals surface area (Å²) >= 11 is 0. The number of aryl methyl sites for hydroxylation is 1. The zero-order valence-corrected chi connectivity index (χ0v) is 9.58. The van der Waals surface area contributed by atoms with Crippen molar-refractivity contribution in [3.8, 4) is 5.69 Å². The van der Waals surface area contributed by atoms with Gasteiger partial charge >= 0.3 is 6.18 Å². The minimum absolute atomic E-state index is 0.189. The third-order valence-electron chi connectivity index (χ3n) is 2.52. The van der Waals surface area contributed by atoms with Gasteiger partial charge in [0.05, 0.1) is 17.4 Å². The highest BCUT2D eigenvalue weighted by Crippen LogP contribution is 2.30. The summed E-state index contributed by atoms with van der Waals surface area (Å²) in [5.74, 6) is 0.553. The number of halogens is 3. The number of hydrogen-bond acceptors (Lipinski definition) is 2. The lowest BCUT2D eigenvalue weighted by atomic mass is 10.2.